The lowest BCUT2D eigenvalue weighted by Crippen LogP contribution is -2.37. The van der Waals surface area contributed by atoms with Crippen molar-refractivity contribution in [1.82, 2.24) is 15.2 Å². The first-order valence-corrected chi connectivity index (χ1v) is 9.32. The third-order valence-electron chi connectivity index (χ3n) is 4.54. The Kier molecular flexibility index (Phi) is 6.35. The molecule has 3 rings (SSSR count). The van der Waals surface area contributed by atoms with E-state index in [1.165, 1.54) is 0 Å². The number of hydrogen-bond donors (Lipinski definition) is 1. The molecule has 0 saturated carbocycles. The highest BCUT2D eigenvalue weighted by Gasteiger charge is 2.25. The number of carbonyl (C=O) groups excluding carboxylic acids is 1. The van der Waals surface area contributed by atoms with Gasteiger partial charge in [-0.15, -0.1) is 0 Å². The predicted molar refractivity (Wildman–Crippen MR) is 103 cm³/mol. The average molecular weight is 394 g/mol. The van der Waals surface area contributed by atoms with E-state index in [9.17, 15) is 4.79 Å². The average Bonchev–Trinajstić information content (AvgIpc) is 3.18. The van der Waals surface area contributed by atoms with Crippen LogP contribution in [0.5, 0.6) is 5.75 Å². The van der Waals surface area contributed by atoms with Crippen LogP contribution in [0.1, 0.15) is 34.9 Å². The largest absolute Gasteiger partial charge is 0.497 e. The molecule has 5 nitrogen and oxygen atoms in total. The Balaban J connectivity index is 1.77. The molecule has 1 aliphatic rings. The maximum Gasteiger partial charge on any atom is 0.271 e. The number of nitrogens with one attached hydrogen (secondary N) is 1. The summed E-state index contributed by atoms with van der Waals surface area (Å²) in [7, 11) is 1.65. The Morgan fingerprint density at radius 3 is 2.77 bits per heavy atom. The number of pyridine rings is 1. The second kappa shape index (κ2) is 8.71. The zero-order chi connectivity index (χ0) is 18.5. The highest BCUT2D eigenvalue weighted by Crippen LogP contribution is 2.27. The van der Waals surface area contributed by atoms with Crippen molar-refractivity contribution >= 4 is 29.1 Å². The third-order valence-corrected chi connectivity index (χ3v) is 5.06. The van der Waals surface area contributed by atoms with Crippen molar-refractivity contribution < 1.29 is 9.53 Å². The number of nitrogens with zero attached hydrogens (tertiary/aromatic N) is 2. The van der Waals surface area contributed by atoms with Crippen LogP contribution in [0.4, 0.5) is 0 Å². The van der Waals surface area contributed by atoms with Gasteiger partial charge in [-0.3, -0.25) is 9.69 Å². The minimum Gasteiger partial charge on any atom is -0.497 e. The Morgan fingerprint density at radius 1 is 1.27 bits per heavy atom. The molecule has 1 saturated heterocycles. The van der Waals surface area contributed by atoms with Crippen molar-refractivity contribution in [3.05, 3.63) is 57.8 Å². The molecule has 1 N–H and O–H groups in total. The first-order chi connectivity index (χ1) is 12.6. The number of rotatable bonds is 6. The Hall–Kier alpha value is -1.82. The van der Waals surface area contributed by atoms with Gasteiger partial charge in [0.15, 0.2) is 0 Å². The molecule has 0 aliphatic carbocycles. The summed E-state index contributed by atoms with van der Waals surface area (Å²) >= 11 is 12.0. The molecule has 26 heavy (non-hydrogen) atoms. The van der Waals surface area contributed by atoms with E-state index in [0.29, 0.717) is 6.54 Å². The minimum atomic E-state index is -0.329. The van der Waals surface area contributed by atoms with Crippen LogP contribution >= 0.6 is 23.2 Å². The van der Waals surface area contributed by atoms with Crippen molar-refractivity contribution in [1.29, 1.82) is 0 Å². The topological polar surface area (TPSA) is 54.5 Å². The number of amides is 1. The Labute approximate surface area is 163 Å². The number of likely N-dealkylation sites (tertiary alicyclic amines) is 1. The highest BCUT2D eigenvalue weighted by molar-refractivity contribution is 6.34. The number of ether oxygens (including phenoxy) is 1. The number of carbonyl (C=O) groups is 1. The summed E-state index contributed by atoms with van der Waals surface area (Å²) in [6.45, 7) is 2.47. The second-order valence-corrected chi connectivity index (χ2v) is 7.00. The highest BCUT2D eigenvalue weighted by atomic mass is 35.5. The number of halogens is 2. The first kappa shape index (κ1) is 19.0. The van der Waals surface area contributed by atoms with Crippen molar-refractivity contribution in [2.75, 3.05) is 26.7 Å². The fraction of sp³-hybridized carbons (Fsp3) is 0.368. The van der Waals surface area contributed by atoms with Crippen LogP contribution in [-0.4, -0.2) is 42.5 Å². The van der Waals surface area contributed by atoms with Gasteiger partial charge in [0.1, 0.15) is 16.6 Å². The van der Waals surface area contributed by atoms with Gasteiger partial charge >= 0.3 is 0 Å². The molecule has 1 amide bonds. The van der Waals surface area contributed by atoms with Gasteiger partial charge in [0, 0.05) is 6.54 Å². The second-order valence-electron chi connectivity index (χ2n) is 6.21. The molecule has 1 fully saturated rings. The fourth-order valence-electron chi connectivity index (χ4n) is 3.21. The zero-order valence-corrected chi connectivity index (χ0v) is 16.1. The summed E-state index contributed by atoms with van der Waals surface area (Å²) in [5, 5.41) is 3.48. The van der Waals surface area contributed by atoms with Crippen molar-refractivity contribution in [3.63, 3.8) is 0 Å². The molecule has 0 bridgehead atoms. The summed E-state index contributed by atoms with van der Waals surface area (Å²) in [5.74, 6) is 0.474. The predicted octanol–water partition coefficient (Wildman–Crippen LogP) is 3.96. The first-order valence-electron chi connectivity index (χ1n) is 8.56. The summed E-state index contributed by atoms with van der Waals surface area (Å²) in [6.07, 6.45) is 2.33. The van der Waals surface area contributed by atoms with E-state index in [0.717, 1.165) is 37.2 Å². The van der Waals surface area contributed by atoms with E-state index in [4.69, 9.17) is 27.9 Å². The standard InChI is InChI=1S/C19H21Cl2N3O2/c1-26-14-6-4-5-13(11-14)16(24-9-2-3-10-24)12-22-19(25)18-15(20)7-8-17(21)23-18/h4-8,11,16H,2-3,9-10,12H2,1H3,(H,22,25). The van der Waals surface area contributed by atoms with E-state index in [1.54, 1.807) is 19.2 Å². The lowest BCUT2D eigenvalue weighted by atomic mass is 10.0. The molecule has 1 atom stereocenters. The van der Waals surface area contributed by atoms with Crippen LogP contribution in [0.3, 0.4) is 0 Å². The van der Waals surface area contributed by atoms with E-state index >= 15 is 0 Å². The summed E-state index contributed by atoms with van der Waals surface area (Å²) in [5.41, 5.74) is 1.25. The number of hydrogen-bond acceptors (Lipinski definition) is 4. The SMILES string of the molecule is COc1cccc(C(CNC(=O)c2nc(Cl)ccc2Cl)N2CCCC2)c1. The van der Waals surface area contributed by atoms with Crippen molar-refractivity contribution in [2.24, 2.45) is 0 Å². The molecule has 0 spiro atoms. The van der Waals surface area contributed by atoms with Crippen LogP contribution in [0.25, 0.3) is 0 Å². The molecule has 1 unspecified atom stereocenters. The lowest BCUT2D eigenvalue weighted by Gasteiger charge is -2.28. The van der Waals surface area contributed by atoms with Crippen LogP contribution in [0.15, 0.2) is 36.4 Å². The molecule has 1 aromatic heterocycles. The summed E-state index contributed by atoms with van der Waals surface area (Å²) in [4.78, 5) is 18.9. The van der Waals surface area contributed by atoms with Crippen molar-refractivity contribution in [2.45, 2.75) is 18.9 Å². The third kappa shape index (κ3) is 4.47. The Morgan fingerprint density at radius 2 is 2.04 bits per heavy atom. The molecular weight excluding hydrogens is 373 g/mol. The van der Waals surface area contributed by atoms with Gasteiger partial charge in [0.05, 0.1) is 18.2 Å². The van der Waals surface area contributed by atoms with Crippen molar-refractivity contribution in [3.8, 4) is 5.75 Å². The van der Waals surface area contributed by atoms with E-state index in [-0.39, 0.29) is 27.8 Å². The fourth-order valence-corrected chi connectivity index (χ4v) is 3.55. The van der Waals surface area contributed by atoms with Gasteiger partial charge < -0.3 is 10.1 Å². The van der Waals surface area contributed by atoms with Gasteiger partial charge in [0.25, 0.3) is 5.91 Å². The summed E-state index contributed by atoms with van der Waals surface area (Å²) in [6, 6.07) is 11.2. The van der Waals surface area contributed by atoms with E-state index < -0.39 is 0 Å². The van der Waals surface area contributed by atoms with E-state index in [1.807, 2.05) is 18.2 Å². The summed E-state index contributed by atoms with van der Waals surface area (Å²) < 4.78 is 5.34. The van der Waals surface area contributed by atoms with Gasteiger partial charge in [-0.2, -0.15) is 0 Å². The molecule has 1 aliphatic heterocycles. The number of methoxy groups -OCH3 is 1. The quantitative estimate of drug-likeness (QED) is 0.754. The maximum atomic E-state index is 12.5. The number of benzene rings is 1. The molecule has 1 aromatic carbocycles. The molecular formula is C19H21Cl2N3O2. The van der Waals surface area contributed by atoms with Gasteiger partial charge in [0.2, 0.25) is 0 Å². The molecule has 7 heteroatoms. The van der Waals surface area contributed by atoms with Gasteiger partial charge in [-0.1, -0.05) is 35.3 Å². The van der Waals surface area contributed by atoms with Crippen LogP contribution in [0.2, 0.25) is 10.2 Å². The normalized spacial score (nSPS) is 15.7. The zero-order valence-electron chi connectivity index (χ0n) is 14.5. The number of aromatic nitrogens is 1. The molecule has 2 aromatic rings. The molecule has 2 heterocycles. The minimum absolute atomic E-state index is 0.0644. The van der Waals surface area contributed by atoms with Crippen LogP contribution < -0.4 is 10.1 Å². The maximum absolute atomic E-state index is 12.5. The monoisotopic (exact) mass is 393 g/mol. The van der Waals surface area contributed by atoms with Gasteiger partial charge in [-0.25, -0.2) is 4.98 Å². The van der Waals surface area contributed by atoms with Gasteiger partial charge in [-0.05, 0) is 55.8 Å². The van der Waals surface area contributed by atoms with Crippen LogP contribution in [0, 0.1) is 0 Å². The Bertz CT molecular complexity index is 779. The van der Waals surface area contributed by atoms with Crippen LogP contribution in [-0.2, 0) is 0 Å². The van der Waals surface area contributed by atoms with E-state index in [2.05, 4.69) is 21.3 Å². The molecule has 0 radical (unpaired) electrons. The smallest absolute Gasteiger partial charge is 0.271 e. The lowest BCUT2D eigenvalue weighted by molar-refractivity contribution is 0.0933. The molecule has 138 valence electrons.